The third-order valence-corrected chi connectivity index (χ3v) is 3.28. The fraction of sp³-hybridized carbons (Fsp3) is 0.0625. The Morgan fingerprint density at radius 2 is 2.00 bits per heavy atom. The largest absolute Gasteiger partial charge is 0.494 e. The van der Waals surface area contributed by atoms with E-state index in [0.29, 0.717) is 11.4 Å². The Kier molecular flexibility index (Phi) is 3.31. The number of nitrogen functional groups attached to an aromatic ring is 1. The van der Waals surface area contributed by atoms with Crippen molar-refractivity contribution in [1.82, 2.24) is 4.98 Å². The lowest BCUT2D eigenvalue weighted by Gasteiger charge is -2.12. The number of rotatable bonds is 3. The molecule has 0 radical (unpaired) electrons. The van der Waals surface area contributed by atoms with Gasteiger partial charge in [-0.25, -0.2) is 4.39 Å². The number of nitrogens with zero attached hydrogens (tertiary/aromatic N) is 1. The zero-order chi connectivity index (χ0) is 14.8. The third kappa shape index (κ3) is 2.45. The lowest BCUT2D eigenvalue weighted by Crippen LogP contribution is -1.96. The van der Waals surface area contributed by atoms with Gasteiger partial charge >= 0.3 is 0 Å². The molecule has 0 saturated heterocycles. The number of pyridine rings is 1. The lowest BCUT2D eigenvalue weighted by molar-refractivity contribution is 0.386. The van der Waals surface area contributed by atoms with Crippen LogP contribution in [0.3, 0.4) is 0 Å². The topological polar surface area (TPSA) is 60.2 Å². The van der Waals surface area contributed by atoms with E-state index in [-0.39, 0.29) is 5.75 Å². The van der Waals surface area contributed by atoms with Crippen molar-refractivity contribution < 1.29 is 9.13 Å². The molecule has 3 N–H and O–H groups in total. The summed E-state index contributed by atoms with van der Waals surface area (Å²) < 4.78 is 18.6. The molecule has 3 aromatic rings. The summed E-state index contributed by atoms with van der Waals surface area (Å²) in [6, 6.07) is 10.2. The molecule has 0 aliphatic heterocycles. The molecule has 0 aliphatic rings. The molecule has 0 fully saturated rings. The Morgan fingerprint density at radius 1 is 1.14 bits per heavy atom. The van der Waals surface area contributed by atoms with Crippen molar-refractivity contribution in [2.24, 2.45) is 0 Å². The van der Waals surface area contributed by atoms with Crippen LogP contribution >= 0.6 is 0 Å². The van der Waals surface area contributed by atoms with E-state index in [0.717, 1.165) is 16.5 Å². The quantitative estimate of drug-likeness (QED) is 0.719. The van der Waals surface area contributed by atoms with Crippen molar-refractivity contribution in [2.75, 3.05) is 18.2 Å². The first-order chi connectivity index (χ1) is 10.2. The summed E-state index contributed by atoms with van der Waals surface area (Å²) in [4.78, 5) is 4.11. The Bertz CT molecular complexity index is 805. The zero-order valence-corrected chi connectivity index (χ0v) is 11.4. The van der Waals surface area contributed by atoms with Gasteiger partial charge in [-0.05, 0) is 30.3 Å². The van der Waals surface area contributed by atoms with Crippen molar-refractivity contribution >= 4 is 27.8 Å². The number of benzene rings is 2. The number of ether oxygens (including phenoxy) is 1. The van der Waals surface area contributed by atoms with E-state index in [1.807, 2.05) is 18.2 Å². The summed E-state index contributed by atoms with van der Waals surface area (Å²) in [6.07, 6.45) is 3.42. The number of nitrogens with two attached hydrogens (primary N) is 1. The van der Waals surface area contributed by atoms with Gasteiger partial charge in [0.05, 0.1) is 7.11 Å². The number of hydrogen-bond donors (Lipinski definition) is 2. The van der Waals surface area contributed by atoms with E-state index in [9.17, 15) is 4.39 Å². The molecule has 1 aromatic heterocycles. The molecule has 0 bridgehead atoms. The minimum Gasteiger partial charge on any atom is -0.494 e. The van der Waals surface area contributed by atoms with E-state index in [4.69, 9.17) is 10.5 Å². The monoisotopic (exact) mass is 283 g/mol. The second-order valence-electron chi connectivity index (χ2n) is 4.60. The Morgan fingerprint density at radius 3 is 2.76 bits per heavy atom. The molecular formula is C16H14FN3O. The molecule has 3 rings (SSSR count). The first kappa shape index (κ1) is 13.2. The number of aromatic nitrogens is 1. The van der Waals surface area contributed by atoms with E-state index in [1.54, 1.807) is 24.5 Å². The van der Waals surface area contributed by atoms with Gasteiger partial charge in [-0.3, -0.25) is 4.98 Å². The van der Waals surface area contributed by atoms with Crippen molar-refractivity contribution in [1.29, 1.82) is 0 Å². The molecule has 0 spiro atoms. The molecule has 1 heterocycles. The highest BCUT2D eigenvalue weighted by molar-refractivity contribution is 6.01. The van der Waals surface area contributed by atoms with Gasteiger partial charge in [0.15, 0.2) is 11.6 Å². The minimum atomic E-state index is -0.416. The van der Waals surface area contributed by atoms with E-state index < -0.39 is 5.82 Å². The van der Waals surface area contributed by atoms with Gasteiger partial charge in [0, 0.05) is 46.3 Å². The Hall–Kier alpha value is -2.82. The van der Waals surface area contributed by atoms with Crippen LogP contribution in [-0.2, 0) is 0 Å². The maximum atomic E-state index is 13.7. The fourth-order valence-electron chi connectivity index (χ4n) is 2.22. The summed E-state index contributed by atoms with van der Waals surface area (Å²) in [5.41, 5.74) is 8.07. The molecule has 5 heteroatoms. The Balaban J connectivity index is 2.02. The second kappa shape index (κ2) is 5.28. The average molecular weight is 283 g/mol. The van der Waals surface area contributed by atoms with Crippen molar-refractivity contribution in [3.8, 4) is 5.75 Å². The summed E-state index contributed by atoms with van der Waals surface area (Å²) >= 11 is 0. The first-order valence-electron chi connectivity index (χ1n) is 6.42. The van der Waals surface area contributed by atoms with Crippen molar-refractivity contribution in [2.45, 2.75) is 0 Å². The number of methoxy groups -OCH3 is 1. The van der Waals surface area contributed by atoms with Crippen LogP contribution in [0.15, 0.2) is 48.8 Å². The summed E-state index contributed by atoms with van der Waals surface area (Å²) in [5, 5.41) is 4.96. The van der Waals surface area contributed by atoms with E-state index in [1.165, 1.54) is 13.2 Å². The minimum absolute atomic E-state index is 0.212. The predicted octanol–water partition coefficient (Wildman–Crippen LogP) is 3.71. The maximum absolute atomic E-state index is 13.7. The van der Waals surface area contributed by atoms with Crippen LogP contribution in [0.1, 0.15) is 0 Å². The molecular weight excluding hydrogens is 269 g/mol. The predicted molar refractivity (Wildman–Crippen MR) is 82.4 cm³/mol. The molecule has 4 nitrogen and oxygen atoms in total. The first-order valence-corrected chi connectivity index (χ1v) is 6.42. The van der Waals surface area contributed by atoms with Crippen LogP contribution in [0.25, 0.3) is 10.8 Å². The normalized spacial score (nSPS) is 10.6. The van der Waals surface area contributed by atoms with Crippen LogP contribution in [0.2, 0.25) is 0 Å². The molecule has 0 atom stereocenters. The van der Waals surface area contributed by atoms with Crippen LogP contribution in [-0.4, -0.2) is 12.1 Å². The van der Waals surface area contributed by atoms with Gasteiger partial charge in [-0.15, -0.1) is 0 Å². The van der Waals surface area contributed by atoms with Gasteiger partial charge in [-0.1, -0.05) is 0 Å². The van der Waals surface area contributed by atoms with Crippen molar-refractivity contribution in [3.05, 3.63) is 54.6 Å². The van der Waals surface area contributed by atoms with Crippen LogP contribution in [0, 0.1) is 5.82 Å². The fourth-order valence-corrected chi connectivity index (χ4v) is 2.22. The number of nitrogens with one attached hydrogen (secondary N) is 1. The number of fused-ring (bicyclic) bond motifs is 1. The van der Waals surface area contributed by atoms with E-state index in [2.05, 4.69) is 10.3 Å². The number of halogens is 1. The maximum Gasteiger partial charge on any atom is 0.167 e. The molecule has 0 unspecified atom stereocenters. The van der Waals surface area contributed by atoms with Gasteiger partial charge < -0.3 is 15.8 Å². The third-order valence-electron chi connectivity index (χ3n) is 3.28. The van der Waals surface area contributed by atoms with Gasteiger partial charge in [-0.2, -0.15) is 0 Å². The van der Waals surface area contributed by atoms with Gasteiger partial charge in [0.25, 0.3) is 0 Å². The Labute approximate surface area is 121 Å². The van der Waals surface area contributed by atoms with Gasteiger partial charge in [0.2, 0.25) is 0 Å². The van der Waals surface area contributed by atoms with Crippen LogP contribution < -0.4 is 15.8 Å². The lowest BCUT2D eigenvalue weighted by atomic mass is 10.1. The van der Waals surface area contributed by atoms with E-state index >= 15 is 0 Å². The zero-order valence-electron chi connectivity index (χ0n) is 11.4. The average Bonchev–Trinajstić information content (AvgIpc) is 2.51. The molecule has 0 saturated carbocycles. The molecule has 0 aliphatic carbocycles. The van der Waals surface area contributed by atoms with Crippen LogP contribution in [0.5, 0.6) is 5.75 Å². The highest BCUT2D eigenvalue weighted by atomic mass is 19.1. The highest BCUT2D eigenvalue weighted by Gasteiger charge is 2.07. The van der Waals surface area contributed by atoms with Crippen molar-refractivity contribution in [3.63, 3.8) is 0 Å². The molecule has 106 valence electrons. The highest BCUT2D eigenvalue weighted by Crippen LogP contribution is 2.30. The number of hydrogen-bond acceptors (Lipinski definition) is 4. The summed E-state index contributed by atoms with van der Waals surface area (Å²) in [7, 11) is 1.44. The molecule has 2 aromatic carbocycles. The second-order valence-corrected chi connectivity index (χ2v) is 4.60. The van der Waals surface area contributed by atoms with Gasteiger partial charge in [0.1, 0.15) is 0 Å². The molecule has 0 amide bonds. The molecule has 21 heavy (non-hydrogen) atoms. The summed E-state index contributed by atoms with van der Waals surface area (Å²) in [5.74, 6) is -0.204. The smallest absolute Gasteiger partial charge is 0.167 e. The standard InChI is InChI=1S/C16H14FN3O/c1-21-16-5-2-10(8-13(16)17)20-15-4-3-14(18)11-6-7-19-9-12(11)15/h2-9,20H,18H2,1H3. The van der Waals surface area contributed by atoms with Crippen LogP contribution in [0.4, 0.5) is 21.5 Å². The number of anilines is 3. The summed E-state index contributed by atoms with van der Waals surface area (Å²) in [6.45, 7) is 0. The SMILES string of the molecule is COc1ccc(Nc2ccc(N)c3ccncc23)cc1F.